The lowest BCUT2D eigenvalue weighted by Gasteiger charge is -2.11. The van der Waals surface area contributed by atoms with Gasteiger partial charge in [-0.2, -0.15) is 8.42 Å². The first-order chi connectivity index (χ1) is 15.0. The summed E-state index contributed by atoms with van der Waals surface area (Å²) in [7, 11) is -4.28. The van der Waals surface area contributed by atoms with Gasteiger partial charge in [-0.05, 0) is 30.3 Å². The fourth-order valence-corrected chi connectivity index (χ4v) is 4.85. The molecule has 9 nitrogen and oxygen atoms in total. The number of hydrogen-bond acceptors (Lipinski definition) is 7. The monoisotopic (exact) mass is 492 g/mol. The van der Waals surface area contributed by atoms with E-state index in [0.29, 0.717) is 15.6 Å². The Labute approximate surface area is 192 Å². The smallest absolute Gasteiger partial charge is 0.282 e. The summed E-state index contributed by atoms with van der Waals surface area (Å²) in [6, 6.07) is 10.7. The van der Waals surface area contributed by atoms with Crippen LogP contribution in [0.4, 0.5) is 11.4 Å². The first-order valence-corrected chi connectivity index (χ1v) is 11.8. The summed E-state index contributed by atoms with van der Waals surface area (Å²) in [5.41, 5.74) is 1.02. The maximum Gasteiger partial charge on any atom is 0.282 e. The molecule has 3 amide bonds. The minimum atomic E-state index is -4.28. The molecule has 0 aliphatic carbocycles. The number of amides is 3. The second kappa shape index (κ2) is 9.47. The van der Waals surface area contributed by atoms with E-state index in [1.54, 1.807) is 24.3 Å². The second-order valence-electron chi connectivity index (χ2n) is 6.59. The summed E-state index contributed by atoms with van der Waals surface area (Å²) in [4.78, 5) is 39.5. The van der Waals surface area contributed by atoms with Crippen LogP contribution in [0.25, 0.3) is 10.6 Å². The van der Waals surface area contributed by atoms with Gasteiger partial charge < -0.3 is 10.6 Å². The standard InChI is InChI=1S/C20H17ClN4O5S2/c1-11(26)22-16-7-14(8-17(9-16)23-12(2)27)19(28)25-32(29,30)18-10-31-20(24-18)13-3-5-15(21)6-4-13/h3-10H,1-2H3,(H,22,26)(H,23,27)(H,25,28). The Kier molecular flexibility index (Phi) is 6.92. The van der Waals surface area contributed by atoms with Gasteiger partial charge in [0.05, 0.1) is 0 Å². The molecule has 0 aliphatic heterocycles. The van der Waals surface area contributed by atoms with Gasteiger partial charge in [0.25, 0.3) is 15.9 Å². The van der Waals surface area contributed by atoms with E-state index in [4.69, 9.17) is 11.6 Å². The molecule has 0 saturated carbocycles. The number of benzene rings is 2. The van der Waals surface area contributed by atoms with Gasteiger partial charge in [-0.15, -0.1) is 11.3 Å². The van der Waals surface area contributed by atoms with E-state index in [1.807, 2.05) is 4.72 Å². The Bertz CT molecular complexity index is 1270. The molecule has 1 aromatic heterocycles. The second-order valence-corrected chi connectivity index (χ2v) is 9.52. The number of nitrogens with zero attached hydrogens (tertiary/aromatic N) is 1. The van der Waals surface area contributed by atoms with Crippen LogP contribution in [0.15, 0.2) is 52.9 Å². The molecule has 0 aliphatic rings. The number of aromatic nitrogens is 1. The van der Waals surface area contributed by atoms with E-state index >= 15 is 0 Å². The maximum atomic E-state index is 12.7. The summed E-state index contributed by atoms with van der Waals surface area (Å²) in [5, 5.41) is 6.96. The molecule has 2 aromatic carbocycles. The van der Waals surface area contributed by atoms with Crippen molar-refractivity contribution < 1.29 is 22.8 Å². The third kappa shape index (κ3) is 5.90. The molecule has 0 bridgehead atoms. The number of thiazole rings is 1. The molecule has 3 N–H and O–H groups in total. The highest BCUT2D eigenvalue weighted by Gasteiger charge is 2.23. The first kappa shape index (κ1) is 23.4. The van der Waals surface area contributed by atoms with Gasteiger partial charge in [0.1, 0.15) is 5.01 Å². The van der Waals surface area contributed by atoms with Crippen LogP contribution in [-0.4, -0.2) is 31.1 Å². The van der Waals surface area contributed by atoms with Crippen molar-refractivity contribution in [1.82, 2.24) is 9.71 Å². The molecular weight excluding hydrogens is 476 g/mol. The van der Waals surface area contributed by atoms with Gasteiger partial charge in [0.15, 0.2) is 5.03 Å². The van der Waals surface area contributed by atoms with Crippen LogP contribution in [0.1, 0.15) is 24.2 Å². The Morgan fingerprint density at radius 1 is 0.938 bits per heavy atom. The highest BCUT2D eigenvalue weighted by atomic mass is 35.5. The van der Waals surface area contributed by atoms with Crippen molar-refractivity contribution in [2.24, 2.45) is 0 Å². The quantitative estimate of drug-likeness (QED) is 0.482. The fraction of sp³-hybridized carbons (Fsp3) is 0.100. The van der Waals surface area contributed by atoms with Crippen molar-refractivity contribution in [1.29, 1.82) is 0 Å². The number of hydrogen-bond donors (Lipinski definition) is 3. The molecule has 0 fully saturated rings. The van der Waals surface area contributed by atoms with Crippen LogP contribution in [0.2, 0.25) is 5.02 Å². The molecule has 32 heavy (non-hydrogen) atoms. The van der Waals surface area contributed by atoms with E-state index in [0.717, 1.165) is 11.3 Å². The molecule has 12 heteroatoms. The first-order valence-electron chi connectivity index (χ1n) is 9.02. The van der Waals surface area contributed by atoms with E-state index in [2.05, 4.69) is 15.6 Å². The summed E-state index contributed by atoms with van der Waals surface area (Å²) in [6.45, 7) is 2.55. The summed E-state index contributed by atoms with van der Waals surface area (Å²) < 4.78 is 27.3. The van der Waals surface area contributed by atoms with Crippen molar-refractivity contribution in [2.45, 2.75) is 18.9 Å². The summed E-state index contributed by atoms with van der Waals surface area (Å²) in [5.74, 6) is -1.76. The number of anilines is 2. The van der Waals surface area contributed by atoms with Crippen molar-refractivity contribution in [2.75, 3.05) is 10.6 Å². The van der Waals surface area contributed by atoms with E-state index in [1.165, 1.54) is 37.4 Å². The number of sulfonamides is 1. The zero-order valence-corrected chi connectivity index (χ0v) is 19.2. The van der Waals surface area contributed by atoms with Gasteiger partial charge in [0.2, 0.25) is 11.8 Å². The largest absolute Gasteiger partial charge is 0.326 e. The lowest BCUT2D eigenvalue weighted by Crippen LogP contribution is -2.31. The number of carbonyl (C=O) groups is 3. The molecule has 0 spiro atoms. The molecule has 0 radical (unpaired) electrons. The highest BCUT2D eigenvalue weighted by Crippen LogP contribution is 2.27. The molecule has 0 unspecified atom stereocenters. The molecule has 3 rings (SSSR count). The summed E-state index contributed by atoms with van der Waals surface area (Å²) in [6.07, 6.45) is 0. The van der Waals surface area contributed by atoms with Gasteiger partial charge in [-0.3, -0.25) is 14.4 Å². The minimum Gasteiger partial charge on any atom is -0.326 e. The Morgan fingerprint density at radius 3 is 2.03 bits per heavy atom. The molecule has 3 aromatic rings. The fourth-order valence-electron chi connectivity index (χ4n) is 2.65. The lowest BCUT2D eigenvalue weighted by atomic mass is 10.1. The molecule has 0 atom stereocenters. The molecule has 166 valence electrons. The average Bonchev–Trinajstić information content (AvgIpc) is 3.18. The van der Waals surface area contributed by atoms with Gasteiger partial charge in [0, 0.05) is 46.8 Å². The Balaban J connectivity index is 1.86. The van der Waals surface area contributed by atoms with Crippen LogP contribution in [0.3, 0.4) is 0 Å². The van der Waals surface area contributed by atoms with Crippen molar-refractivity contribution >= 4 is 62.1 Å². The van der Waals surface area contributed by atoms with Crippen LogP contribution >= 0.6 is 22.9 Å². The van der Waals surface area contributed by atoms with Crippen LogP contribution in [0.5, 0.6) is 0 Å². The Hall–Kier alpha value is -3.28. The highest BCUT2D eigenvalue weighted by molar-refractivity contribution is 7.90. The average molecular weight is 493 g/mol. The van der Waals surface area contributed by atoms with Crippen LogP contribution in [0, 0.1) is 0 Å². The van der Waals surface area contributed by atoms with Gasteiger partial charge in [-0.25, -0.2) is 9.71 Å². The van der Waals surface area contributed by atoms with Crippen LogP contribution in [-0.2, 0) is 19.6 Å². The summed E-state index contributed by atoms with van der Waals surface area (Å²) >= 11 is 6.96. The minimum absolute atomic E-state index is 0.0864. The van der Waals surface area contributed by atoms with E-state index in [-0.39, 0.29) is 22.0 Å². The van der Waals surface area contributed by atoms with Crippen molar-refractivity contribution in [3.05, 3.63) is 58.4 Å². The number of rotatable bonds is 6. The number of halogens is 1. The SMILES string of the molecule is CC(=O)Nc1cc(NC(C)=O)cc(C(=O)NS(=O)(=O)c2csc(-c3ccc(Cl)cc3)n2)c1. The molecular formula is C20H17ClN4O5S2. The van der Waals surface area contributed by atoms with Crippen molar-refractivity contribution in [3.63, 3.8) is 0 Å². The predicted octanol–water partition coefficient (Wildman–Crippen LogP) is 3.50. The lowest BCUT2D eigenvalue weighted by molar-refractivity contribution is -0.115. The molecule has 0 saturated heterocycles. The molecule has 1 heterocycles. The third-order valence-electron chi connectivity index (χ3n) is 3.91. The van der Waals surface area contributed by atoms with Gasteiger partial charge >= 0.3 is 0 Å². The normalized spacial score (nSPS) is 11.0. The zero-order chi connectivity index (χ0) is 23.5. The Morgan fingerprint density at radius 2 is 1.50 bits per heavy atom. The van der Waals surface area contributed by atoms with E-state index < -0.39 is 27.7 Å². The van der Waals surface area contributed by atoms with Gasteiger partial charge in [-0.1, -0.05) is 23.7 Å². The predicted molar refractivity (Wildman–Crippen MR) is 122 cm³/mol. The number of carbonyl (C=O) groups excluding carboxylic acids is 3. The zero-order valence-electron chi connectivity index (χ0n) is 16.8. The van der Waals surface area contributed by atoms with Crippen LogP contribution < -0.4 is 15.4 Å². The number of nitrogens with one attached hydrogen (secondary N) is 3. The third-order valence-corrected chi connectivity index (χ3v) is 6.42. The van der Waals surface area contributed by atoms with Crippen molar-refractivity contribution in [3.8, 4) is 10.6 Å². The van der Waals surface area contributed by atoms with E-state index in [9.17, 15) is 22.8 Å². The topological polar surface area (TPSA) is 134 Å². The maximum absolute atomic E-state index is 12.7.